The van der Waals surface area contributed by atoms with Crippen LogP contribution in [0.3, 0.4) is 0 Å². The fourth-order valence-electron chi connectivity index (χ4n) is 3.06. The van der Waals surface area contributed by atoms with Gasteiger partial charge in [0.2, 0.25) is 0 Å². The number of imidazole rings is 1. The predicted octanol–water partition coefficient (Wildman–Crippen LogP) is 6.18. The van der Waals surface area contributed by atoms with Crippen LogP contribution in [0.1, 0.15) is 6.92 Å². The maximum atomic E-state index is 6.47. The molecule has 0 unspecified atom stereocenters. The van der Waals surface area contributed by atoms with Crippen molar-refractivity contribution in [1.82, 2.24) is 9.55 Å². The third-order valence-corrected chi connectivity index (χ3v) is 4.94. The summed E-state index contributed by atoms with van der Waals surface area (Å²) in [5.41, 5.74) is 3.07. The number of aromatic nitrogens is 2. The van der Waals surface area contributed by atoms with Crippen molar-refractivity contribution in [3.63, 3.8) is 0 Å². The standard InChI is InChI=1S/C19H14Cl2N2/c1-2-23-15-11-9-12-8-10-14(20)17(21)16(12)18(15)22-19(23)13-6-4-3-5-7-13/h3-11H,2H2,1H3. The number of hydrogen-bond donors (Lipinski definition) is 0. The number of halogens is 2. The Labute approximate surface area is 144 Å². The van der Waals surface area contributed by atoms with Crippen molar-refractivity contribution in [1.29, 1.82) is 0 Å². The van der Waals surface area contributed by atoms with E-state index in [0.717, 1.165) is 39.7 Å². The second-order valence-corrected chi connectivity index (χ2v) is 6.22. The quantitative estimate of drug-likeness (QED) is 0.425. The molecule has 0 fully saturated rings. The molecule has 23 heavy (non-hydrogen) atoms. The zero-order valence-corrected chi connectivity index (χ0v) is 14.1. The van der Waals surface area contributed by atoms with E-state index in [0.29, 0.717) is 10.0 Å². The van der Waals surface area contributed by atoms with Crippen LogP contribution in [-0.2, 0) is 6.54 Å². The topological polar surface area (TPSA) is 17.8 Å². The van der Waals surface area contributed by atoms with E-state index in [2.05, 4.69) is 35.8 Å². The lowest BCUT2D eigenvalue weighted by Crippen LogP contribution is -1.97. The molecular formula is C19H14Cl2N2. The number of benzene rings is 3. The molecule has 2 nitrogen and oxygen atoms in total. The highest BCUT2D eigenvalue weighted by molar-refractivity contribution is 6.46. The van der Waals surface area contributed by atoms with Gasteiger partial charge in [-0.1, -0.05) is 65.7 Å². The Morgan fingerprint density at radius 3 is 2.43 bits per heavy atom. The lowest BCUT2D eigenvalue weighted by molar-refractivity contribution is 0.796. The summed E-state index contributed by atoms with van der Waals surface area (Å²) in [6.07, 6.45) is 0. The molecule has 114 valence electrons. The van der Waals surface area contributed by atoms with Crippen molar-refractivity contribution in [2.24, 2.45) is 0 Å². The van der Waals surface area contributed by atoms with Crippen LogP contribution in [0.4, 0.5) is 0 Å². The van der Waals surface area contributed by atoms with E-state index < -0.39 is 0 Å². The van der Waals surface area contributed by atoms with E-state index in [9.17, 15) is 0 Å². The van der Waals surface area contributed by atoms with Crippen LogP contribution in [0.5, 0.6) is 0 Å². The molecule has 0 aliphatic heterocycles. The molecule has 0 atom stereocenters. The minimum atomic E-state index is 0.555. The van der Waals surface area contributed by atoms with Crippen LogP contribution in [-0.4, -0.2) is 9.55 Å². The molecule has 0 saturated carbocycles. The van der Waals surface area contributed by atoms with E-state index in [1.54, 1.807) is 0 Å². The SMILES string of the molecule is CCn1c(-c2ccccc2)nc2c3c(Cl)c(Cl)ccc3ccc21. The first-order chi connectivity index (χ1) is 11.2. The van der Waals surface area contributed by atoms with E-state index >= 15 is 0 Å². The van der Waals surface area contributed by atoms with E-state index in [-0.39, 0.29) is 0 Å². The Bertz CT molecular complexity index is 1020. The molecule has 4 heteroatoms. The monoisotopic (exact) mass is 340 g/mol. The fourth-order valence-corrected chi connectivity index (χ4v) is 3.48. The fraction of sp³-hybridized carbons (Fsp3) is 0.105. The number of nitrogens with zero attached hydrogens (tertiary/aromatic N) is 2. The average molecular weight is 341 g/mol. The molecule has 4 rings (SSSR count). The highest BCUT2D eigenvalue weighted by atomic mass is 35.5. The normalized spacial score (nSPS) is 11.4. The summed E-state index contributed by atoms with van der Waals surface area (Å²) in [7, 11) is 0. The van der Waals surface area contributed by atoms with Gasteiger partial charge in [0.05, 0.1) is 21.1 Å². The third kappa shape index (κ3) is 2.21. The molecule has 1 heterocycles. The van der Waals surface area contributed by atoms with Crippen LogP contribution in [0.15, 0.2) is 54.6 Å². The number of fused-ring (bicyclic) bond motifs is 3. The van der Waals surface area contributed by atoms with Crippen LogP contribution in [0.25, 0.3) is 33.2 Å². The van der Waals surface area contributed by atoms with Gasteiger partial charge < -0.3 is 4.57 Å². The van der Waals surface area contributed by atoms with Crippen LogP contribution in [0, 0.1) is 0 Å². The lowest BCUT2D eigenvalue weighted by Gasteiger charge is -2.06. The smallest absolute Gasteiger partial charge is 0.141 e. The van der Waals surface area contributed by atoms with Crippen molar-refractivity contribution in [2.45, 2.75) is 13.5 Å². The van der Waals surface area contributed by atoms with Crippen molar-refractivity contribution < 1.29 is 0 Å². The highest BCUT2D eigenvalue weighted by Gasteiger charge is 2.16. The van der Waals surface area contributed by atoms with Crippen molar-refractivity contribution in [3.8, 4) is 11.4 Å². The molecule has 0 bridgehead atoms. The molecule has 0 spiro atoms. The van der Waals surface area contributed by atoms with Gasteiger partial charge in [-0.3, -0.25) is 0 Å². The first-order valence-electron chi connectivity index (χ1n) is 7.53. The van der Waals surface area contributed by atoms with Crippen LogP contribution in [0.2, 0.25) is 10.0 Å². The number of hydrogen-bond acceptors (Lipinski definition) is 1. The Morgan fingerprint density at radius 1 is 0.957 bits per heavy atom. The molecule has 0 saturated heterocycles. The van der Waals surface area contributed by atoms with Gasteiger partial charge in [0.1, 0.15) is 5.82 Å². The summed E-state index contributed by atoms with van der Waals surface area (Å²) in [6.45, 7) is 2.96. The summed E-state index contributed by atoms with van der Waals surface area (Å²) >= 11 is 12.7. The summed E-state index contributed by atoms with van der Waals surface area (Å²) in [5.74, 6) is 0.951. The van der Waals surface area contributed by atoms with Gasteiger partial charge >= 0.3 is 0 Å². The van der Waals surface area contributed by atoms with Crippen molar-refractivity contribution in [2.75, 3.05) is 0 Å². The second-order valence-electron chi connectivity index (χ2n) is 5.44. The molecule has 4 aromatic rings. The van der Waals surface area contributed by atoms with E-state index in [1.807, 2.05) is 30.3 Å². The average Bonchev–Trinajstić information content (AvgIpc) is 2.97. The van der Waals surface area contributed by atoms with Crippen molar-refractivity contribution >= 4 is 45.0 Å². The minimum Gasteiger partial charge on any atom is -0.324 e. The van der Waals surface area contributed by atoms with Gasteiger partial charge in [-0.15, -0.1) is 0 Å². The van der Waals surface area contributed by atoms with Gasteiger partial charge in [0.25, 0.3) is 0 Å². The Kier molecular flexibility index (Phi) is 3.51. The summed E-state index contributed by atoms with van der Waals surface area (Å²) in [4.78, 5) is 4.90. The van der Waals surface area contributed by atoms with Gasteiger partial charge in [0, 0.05) is 17.5 Å². The molecule has 0 aliphatic rings. The summed E-state index contributed by atoms with van der Waals surface area (Å²) < 4.78 is 2.21. The molecule has 0 aliphatic carbocycles. The molecule has 0 N–H and O–H groups in total. The molecule has 0 radical (unpaired) electrons. The predicted molar refractivity (Wildman–Crippen MR) is 98.4 cm³/mol. The van der Waals surface area contributed by atoms with Gasteiger partial charge in [-0.2, -0.15) is 0 Å². The molecular weight excluding hydrogens is 327 g/mol. The Balaban J connectivity index is 2.15. The van der Waals surface area contributed by atoms with Crippen molar-refractivity contribution in [3.05, 3.63) is 64.6 Å². The highest BCUT2D eigenvalue weighted by Crippen LogP contribution is 2.37. The van der Waals surface area contributed by atoms with Crippen LogP contribution >= 0.6 is 23.2 Å². The molecule has 0 amide bonds. The first-order valence-corrected chi connectivity index (χ1v) is 8.28. The molecule has 1 aromatic heterocycles. The minimum absolute atomic E-state index is 0.555. The first kappa shape index (κ1) is 14.6. The summed E-state index contributed by atoms with van der Waals surface area (Å²) in [5, 5.41) is 3.09. The van der Waals surface area contributed by atoms with E-state index in [1.165, 1.54) is 0 Å². The van der Waals surface area contributed by atoms with Gasteiger partial charge in [-0.25, -0.2) is 4.98 Å². The number of rotatable bonds is 2. The van der Waals surface area contributed by atoms with E-state index in [4.69, 9.17) is 28.2 Å². The zero-order valence-electron chi connectivity index (χ0n) is 12.6. The second kappa shape index (κ2) is 5.55. The molecule has 3 aromatic carbocycles. The Morgan fingerprint density at radius 2 is 1.70 bits per heavy atom. The van der Waals surface area contributed by atoms with Gasteiger partial charge in [-0.05, 0) is 24.4 Å². The largest absolute Gasteiger partial charge is 0.324 e. The summed E-state index contributed by atoms with van der Waals surface area (Å²) in [6, 6.07) is 18.2. The zero-order chi connectivity index (χ0) is 16.0. The lowest BCUT2D eigenvalue weighted by atomic mass is 10.1. The Hall–Kier alpha value is -2.03. The maximum Gasteiger partial charge on any atom is 0.141 e. The van der Waals surface area contributed by atoms with Crippen LogP contribution < -0.4 is 0 Å². The third-order valence-electron chi connectivity index (χ3n) is 4.14. The maximum absolute atomic E-state index is 6.47. The van der Waals surface area contributed by atoms with Gasteiger partial charge in [0.15, 0.2) is 0 Å². The number of aryl methyl sites for hydroxylation is 1.